The molecule has 1 heterocycles. The highest BCUT2D eigenvalue weighted by atomic mass is 79.9. The van der Waals surface area contributed by atoms with Gasteiger partial charge in [0.05, 0.1) is 24.8 Å². The van der Waals surface area contributed by atoms with Crippen molar-refractivity contribution in [1.29, 1.82) is 0 Å². The van der Waals surface area contributed by atoms with Crippen molar-refractivity contribution < 1.29 is 9.53 Å². The Hall–Kier alpha value is -0.910. The van der Waals surface area contributed by atoms with E-state index in [0.29, 0.717) is 13.2 Å². The van der Waals surface area contributed by atoms with Crippen LogP contribution in [0.4, 0.5) is 5.69 Å². The quantitative estimate of drug-likeness (QED) is 0.896. The molecule has 0 aliphatic carbocycles. The van der Waals surface area contributed by atoms with Crippen LogP contribution >= 0.6 is 15.9 Å². The highest BCUT2D eigenvalue weighted by Gasteiger charge is 2.33. The molecule has 1 saturated heterocycles. The standard InChI is InChI=1S/C13H17BrN2O2/c1-8-3-4-10(14)11(5-8)16-13(17)9-6-18-7-12(9)15-2/h3-5,9,12,15H,6-7H2,1-2H3,(H,16,17). The first-order valence-electron chi connectivity index (χ1n) is 5.94. The van der Waals surface area contributed by atoms with Crippen molar-refractivity contribution in [2.45, 2.75) is 13.0 Å². The molecule has 5 heteroatoms. The van der Waals surface area contributed by atoms with Gasteiger partial charge in [-0.05, 0) is 47.6 Å². The topological polar surface area (TPSA) is 50.4 Å². The first kappa shape index (κ1) is 13.5. The molecule has 2 atom stereocenters. The molecule has 1 fully saturated rings. The number of carbonyl (C=O) groups excluding carboxylic acids is 1. The first-order valence-corrected chi connectivity index (χ1v) is 6.73. The summed E-state index contributed by atoms with van der Waals surface area (Å²) in [5, 5.41) is 6.06. The van der Waals surface area contributed by atoms with Gasteiger partial charge in [-0.2, -0.15) is 0 Å². The minimum absolute atomic E-state index is 0.00171. The zero-order valence-electron chi connectivity index (χ0n) is 10.5. The lowest BCUT2D eigenvalue weighted by Gasteiger charge is -2.17. The predicted molar refractivity (Wildman–Crippen MR) is 74.7 cm³/mol. The maximum absolute atomic E-state index is 12.2. The number of ether oxygens (including phenoxy) is 1. The number of likely N-dealkylation sites (N-methyl/N-ethyl adjacent to an activating group) is 1. The molecule has 2 rings (SSSR count). The van der Waals surface area contributed by atoms with Crippen molar-refractivity contribution in [2.24, 2.45) is 5.92 Å². The molecular weight excluding hydrogens is 296 g/mol. The van der Waals surface area contributed by atoms with E-state index in [2.05, 4.69) is 26.6 Å². The molecule has 0 spiro atoms. The van der Waals surface area contributed by atoms with Crippen molar-refractivity contribution in [2.75, 3.05) is 25.6 Å². The summed E-state index contributed by atoms with van der Waals surface area (Å²) in [5.74, 6) is -0.138. The number of halogens is 1. The normalized spacial score (nSPS) is 23.1. The molecule has 2 N–H and O–H groups in total. The molecule has 0 radical (unpaired) electrons. The average molecular weight is 313 g/mol. The maximum atomic E-state index is 12.2. The van der Waals surface area contributed by atoms with Crippen molar-refractivity contribution in [3.63, 3.8) is 0 Å². The first-order chi connectivity index (χ1) is 8.61. The lowest BCUT2D eigenvalue weighted by atomic mass is 10.0. The summed E-state index contributed by atoms with van der Waals surface area (Å²) in [4.78, 5) is 12.2. The Morgan fingerprint density at radius 1 is 1.44 bits per heavy atom. The van der Waals surface area contributed by atoms with Crippen molar-refractivity contribution >= 4 is 27.5 Å². The van der Waals surface area contributed by atoms with Gasteiger partial charge in [-0.25, -0.2) is 0 Å². The molecule has 18 heavy (non-hydrogen) atoms. The van der Waals surface area contributed by atoms with Crippen LogP contribution in [0.3, 0.4) is 0 Å². The number of hydrogen-bond donors (Lipinski definition) is 2. The molecule has 1 aromatic carbocycles. The molecule has 0 saturated carbocycles. The fraction of sp³-hybridized carbons (Fsp3) is 0.462. The molecule has 1 aliphatic rings. The number of benzene rings is 1. The zero-order valence-corrected chi connectivity index (χ0v) is 12.1. The third-order valence-electron chi connectivity index (χ3n) is 3.17. The van der Waals surface area contributed by atoms with Crippen LogP contribution in [0.1, 0.15) is 5.56 Å². The lowest BCUT2D eigenvalue weighted by molar-refractivity contribution is -0.120. The predicted octanol–water partition coefficient (Wildman–Crippen LogP) is 1.93. The summed E-state index contributed by atoms with van der Waals surface area (Å²) >= 11 is 3.44. The Bertz CT molecular complexity index is 451. The Labute approximate surface area is 115 Å². The van der Waals surface area contributed by atoms with Gasteiger partial charge >= 0.3 is 0 Å². The van der Waals surface area contributed by atoms with Gasteiger partial charge in [-0.3, -0.25) is 4.79 Å². The van der Waals surface area contributed by atoms with Crippen LogP contribution < -0.4 is 10.6 Å². The van der Waals surface area contributed by atoms with E-state index in [-0.39, 0.29) is 17.9 Å². The number of rotatable bonds is 3. The highest BCUT2D eigenvalue weighted by Crippen LogP contribution is 2.25. The second-order valence-electron chi connectivity index (χ2n) is 4.51. The van der Waals surface area contributed by atoms with Crippen LogP contribution in [0.25, 0.3) is 0 Å². The monoisotopic (exact) mass is 312 g/mol. The van der Waals surface area contributed by atoms with E-state index in [1.54, 1.807) is 0 Å². The van der Waals surface area contributed by atoms with Crippen molar-refractivity contribution in [3.05, 3.63) is 28.2 Å². The number of aryl methyl sites for hydroxylation is 1. The van der Waals surface area contributed by atoms with E-state index >= 15 is 0 Å². The zero-order chi connectivity index (χ0) is 13.1. The van der Waals surface area contributed by atoms with E-state index < -0.39 is 0 Å². The van der Waals surface area contributed by atoms with Gasteiger partial charge in [0.1, 0.15) is 0 Å². The van der Waals surface area contributed by atoms with Crippen LogP contribution in [-0.4, -0.2) is 32.2 Å². The minimum Gasteiger partial charge on any atom is -0.379 e. The molecule has 98 valence electrons. The highest BCUT2D eigenvalue weighted by molar-refractivity contribution is 9.10. The number of hydrogen-bond acceptors (Lipinski definition) is 3. The van der Waals surface area contributed by atoms with Crippen LogP contribution in [0, 0.1) is 12.8 Å². The molecule has 1 amide bonds. The largest absolute Gasteiger partial charge is 0.379 e. The summed E-state index contributed by atoms with van der Waals surface area (Å²) in [5.41, 5.74) is 1.92. The molecule has 0 bridgehead atoms. The Morgan fingerprint density at radius 2 is 2.22 bits per heavy atom. The van der Waals surface area contributed by atoms with Crippen LogP contribution in [0.5, 0.6) is 0 Å². The number of nitrogens with one attached hydrogen (secondary N) is 2. The van der Waals surface area contributed by atoms with E-state index in [4.69, 9.17) is 4.74 Å². The smallest absolute Gasteiger partial charge is 0.231 e. The van der Waals surface area contributed by atoms with Gasteiger partial charge in [-0.1, -0.05) is 6.07 Å². The van der Waals surface area contributed by atoms with Crippen molar-refractivity contribution in [3.8, 4) is 0 Å². The fourth-order valence-corrected chi connectivity index (χ4v) is 2.40. The Morgan fingerprint density at radius 3 is 2.94 bits per heavy atom. The summed E-state index contributed by atoms with van der Waals surface area (Å²) in [7, 11) is 1.85. The van der Waals surface area contributed by atoms with Gasteiger partial charge < -0.3 is 15.4 Å². The lowest BCUT2D eigenvalue weighted by Crippen LogP contribution is -2.39. The van der Waals surface area contributed by atoms with Gasteiger partial charge in [0, 0.05) is 10.5 Å². The van der Waals surface area contributed by atoms with Crippen LogP contribution in [-0.2, 0) is 9.53 Å². The Balaban J connectivity index is 2.09. The van der Waals surface area contributed by atoms with Gasteiger partial charge in [0.15, 0.2) is 0 Å². The molecule has 0 aromatic heterocycles. The second-order valence-corrected chi connectivity index (χ2v) is 5.37. The second kappa shape index (κ2) is 5.82. The van der Waals surface area contributed by atoms with E-state index in [9.17, 15) is 4.79 Å². The minimum atomic E-state index is -0.137. The third kappa shape index (κ3) is 2.91. The summed E-state index contributed by atoms with van der Waals surface area (Å²) in [6.45, 7) is 3.06. The van der Waals surface area contributed by atoms with Gasteiger partial charge in [0.25, 0.3) is 0 Å². The van der Waals surface area contributed by atoms with Gasteiger partial charge in [0.2, 0.25) is 5.91 Å². The fourth-order valence-electron chi connectivity index (χ4n) is 2.06. The molecule has 4 nitrogen and oxygen atoms in total. The van der Waals surface area contributed by atoms with Crippen LogP contribution in [0.15, 0.2) is 22.7 Å². The summed E-state index contributed by atoms with van der Waals surface area (Å²) < 4.78 is 6.23. The van der Waals surface area contributed by atoms with E-state index in [0.717, 1.165) is 15.7 Å². The van der Waals surface area contributed by atoms with E-state index in [1.807, 2.05) is 32.2 Å². The maximum Gasteiger partial charge on any atom is 0.231 e. The summed E-state index contributed by atoms with van der Waals surface area (Å²) in [6.07, 6.45) is 0. The molecule has 1 aromatic rings. The number of carbonyl (C=O) groups is 1. The number of amides is 1. The van der Waals surface area contributed by atoms with Crippen molar-refractivity contribution in [1.82, 2.24) is 5.32 Å². The SMILES string of the molecule is CNC1COCC1C(=O)Nc1cc(C)ccc1Br. The molecular formula is C13H17BrN2O2. The molecule has 2 unspecified atom stereocenters. The summed E-state index contributed by atoms with van der Waals surface area (Å²) in [6, 6.07) is 5.97. The number of anilines is 1. The van der Waals surface area contributed by atoms with E-state index in [1.165, 1.54) is 0 Å². The molecule has 1 aliphatic heterocycles. The van der Waals surface area contributed by atoms with Gasteiger partial charge in [-0.15, -0.1) is 0 Å². The Kier molecular flexibility index (Phi) is 4.37. The third-order valence-corrected chi connectivity index (χ3v) is 3.86. The average Bonchev–Trinajstić information content (AvgIpc) is 2.82. The van der Waals surface area contributed by atoms with Crippen LogP contribution in [0.2, 0.25) is 0 Å².